The fourth-order valence-corrected chi connectivity index (χ4v) is 1.02. The van der Waals surface area contributed by atoms with Crippen LogP contribution in [0.3, 0.4) is 0 Å². The maximum atomic E-state index is 5.31. The average molecular weight is 138 g/mol. The van der Waals surface area contributed by atoms with Crippen molar-refractivity contribution in [3.05, 3.63) is 23.8 Å². The molecule has 0 N–H and O–H groups in total. The van der Waals surface area contributed by atoms with E-state index in [0.29, 0.717) is 0 Å². The monoisotopic (exact) mass is 138 g/mol. The van der Waals surface area contributed by atoms with Crippen molar-refractivity contribution < 1.29 is 4.74 Å². The minimum atomic E-state index is -0.0799. The summed E-state index contributed by atoms with van der Waals surface area (Å²) in [4.78, 5) is 0. The molecule has 0 aliphatic heterocycles. The van der Waals surface area contributed by atoms with Crippen LogP contribution in [0.25, 0.3) is 0 Å². The van der Waals surface area contributed by atoms with Crippen molar-refractivity contribution in [3.63, 3.8) is 0 Å². The largest absolute Gasteiger partial charge is 0.374 e. The molecule has 1 aliphatic carbocycles. The summed E-state index contributed by atoms with van der Waals surface area (Å²) in [6, 6.07) is 0. The van der Waals surface area contributed by atoms with Gasteiger partial charge in [-0.3, -0.25) is 0 Å². The van der Waals surface area contributed by atoms with Gasteiger partial charge in [0.05, 0.1) is 5.60 Å². The maximum absolute atomic E-state index is 5.31. The number of allylic oxidation sites excluding steroid dienone is 3. The van der Waals surface area contributed by atoms with Crippen LogP contribution in [0.5, 0.6) is 0 Å². The molecule has 0 atom stereocenters. The Labute approximate surface area is 62.4 Å². The van der Waals surface area contributed by atoms with Gasteiger partial charge in [-0.1, -0.05) is 18.2 Å². The number of methoxy groups -OCH3 is 1. The maximum Gasteiger partial charge on any atom is 0.0837 e. The average Bonchev–Trinajstić information content (AvgIpc) is 2.38. The topological polar surface area (TPSA) is 9.23 Å². The Morgan fingerprint density at radius 3 is 2.60 bits per heavy atom. The summed E-state index contributed by atoms with van der Waals surface area (Å²) in [5, 5.41) is 0. The molecule has 0 spiro atoms. The summed E-state index contributed by atoms with van der Waals surface area (Å²) in [5.74, 6) is 0. The van der Waals surface area contributed by atoms with E-state index in [2.05, 4.69) is 32.1 Å². The van der Waals surface area contributed by atoms with Crippen LogP contribution in [-0.4, -0.2) is 12.7 Å². The molecule has 0 saturated carbocycles. The van der Waals surface area contributed by atoms with E-state index >= 15 is 0 Å². The zero-order valence-electron chi connectivity index (χ0n) is 6.85. The molecule has 0 radical (unpaired) electrons. The molecule has 0 fully saturated rings. The third kappa shape index (κ3) is 1.29. The van der Waals surface area contributed by atoms with Gasteiger partial charge in [0.25, 0.3) is 0 Å². The molecule has 0 aromatic carbocycles. The zero-order chi connectivity index (χ0) is 7.61. The minimum Gasteiger partial charge on any atom is -0.374 e. The molecule has 0 amide bonds. The summed E-state index contributed by atoms with van der Waals surface area (Å²) >= 11 is 0. The van der Waals surface area contributed by atoms with E-state index in [0.717, 1.165) is 6.42 Å². The summed E-state index contributed by atoms with van der Waals surface area (Å²) in [6.45, 7) is 4.18. The normalized spacial score (nSPS) is 17.7. The Hall–Kier alpha value is -0.560. The Kier molecular flexibility index (Phi) is 1.95. The van der Waals surface area contributed by atoms with Gasteiger partial charge in [-0.15, -0.1) is 0 Å². The van der Waals surface area contributed by atoms with Crippen LogP contribution in [0.1, 0.15) is 20.3 Å². The fourth-order valence-electron chi connectivity index (χ4n) is 1.02. The van der Waals surface area contributed by atoms with E-state index in [1.54, 1.807) is 7.11 Å². The Bertz CT molecular complexity index is 175. The van der Waals surface area contributed by atoms with E-state index in [9.17, 15) is 0 Å². The second-order valence-electron chi connectivity index (χ2n) is 3.04. The molecule has 10 heavy (non-hydrogen) atoms. The Balaban J connectivity index is 2.65. The smallest absolute Gasteiger partial charge is 0.0837 e. The number of hydrogen-bond acceptors (Lipinski definition) is 1. The summed E-state index contributed by atoms with van der Waals surface area (Å²) in [6.07, 6.45) is 7.40. The van der Waals surface area contributed by atoms with Crippen molar-refractivity contribution in [2.75, 3.05) is 7.11 Å². The molecule has 0 aromatic rings. The van der Waals surface area contributed by atoms with Gasteiger partial charge in [0.2, 0.25) is 0 Å². The van der Waals surface area contributed by atoms with Gasteiger partial charge in [-0.05, 0) is 25.8 Å². The third-order valence-electron chi connectivity index (χ3n) is 2.05. The van der Waals surface area contributed by atoms with E-state index in [1.807, 2.05) is 0 Å². The highest BCUT2D eigenvalue weighted by atomic mass is 16.5. The lowest BCUT2D eigenvalue weighted by atomic mass is 9.97. The van der Waals surface area contributed by atoms with Crippen LogP contribution < -0.4 is 0 Å². The minimum absolute atomic E-state index is 0.0799. The first-order valence-corrected chi connectivity index (χ1v) is 3.58. The molecule has 0 heterocycles. The summed E-state index contributed by atoms with van der Waals surface area (Å²) in [7, 11) is 1.75. The number of ether oxygens (including phenoxy) is 1. The predicted octanol–water partition coefficient (Wildman–Crippen LogP) is 2.30. The van der Waals surface area contributed by atoms with Crippen molar-refractivity contribution in [2.45, 2.75) is 25.9 Å². The number of rotatable bonds is 2. The van der Waals surface area contributed by atoms with Crippen LogP contribution >= 0.6 is 0 Å². The molecule has 1 heteroatoms. The van der Waals surface area contributed by atoms with E-state index in [-0.39, 0.29) is 5.60 Å². The Morgan fingerprint density at radius 1 is 1.50 bits per heavy atom. The second-order valence-corrected chi connectivity index (χ2v) is 3.04. The van der Waals surface area contributed by atoms with Crippen molar-refractivity contribution in [2.24, 2.45) is 0 Å². The molecule has 56 valence electrons. The van der Waals surface area contributed by atoms with E-state index in [1.165, 1.54) is 5.57 Å². The SMILES string of the molecule is COC(C)(C)C1=CC=CC1. The van der Waals surface area contributed by atoms with Gasteiger partial charge < -0.3 is 4.74 Å². The summed E-state index contributed by atoms with van der Waals surface area (Å²) in [5.41, 5.74) is 1.28. The molecule has 1 rings (SSSR count). The van der Waals surface area contributed by atoms with Crippen LogP contribution in [0, 0.1) is 0 Å². The molecule has 0 aromatic heterocycles. The quantitative estimate of drug-likeness (QED) is 0.569. The molecule has 1 nitrogen and oxygen atoms in total. The van der Waals surface area contributed by atoms with Crippen molar-refractivity contribution in [1.82, 2.24) is 0 Å². The first-order valence-electron chi connectivity index (χ1n) is 3.58. The van der Waals surface area contributed by atoms with Crippen molar-refractivity contribution >= 4 is 0 Å². The first-order chi connectivity index (χ1) is 4.67. The third-order valence-corrected chi connectivity index (χ3v) is 2.05. The van der Waals surface area contributed by atoms with Crippen LogP contribution in [0.2, 0.25) is 0 Å². The van der Waals surface area contributed by atoms with Gasteiger partial charge >= 0.3 is 0 Å². The lowest BCUT2D eigenvalue weighted by Gasteiger charge is -2.24. The fraction of sp³-hybridized carbons (Fsp3) is 0.556. The molecular weight excluding hydrogens is 124 g/mol. The van der Waals surface area contributed by atoms with Crippen LogP contribution in [0.4, 0.5) is 0 Å². The highest BCUT2D eigenvalue weighted by Gasteiger charge is 2.21. The molecule has 0 bridgehead atoms. The number of hydrogen-bond donors (Lipinski definition) is 0. The lowest BCUT2D eigenvalue weighted by molar-refractivity contribution is 0.0538. The molecular formula is C9H14O. The van der Waals surface area contributed by atoms with E-state index < -0.39 is 0 Å². The first kappa shape index (κ1) is 7.55. The van der Waals surface area contributed by atoms with Gasteiger partial charge in [-0.2, -0.15) is 0 Å². The van der Waals surface area contributed by atoms with Crippen LogP contribution in [0.15, 0.2) is 23.8 Å². The zero-order valence-corrected chi connectivity index (χ0v) is 6.85. The molecule has 0 saturated heterocycles. The van der Waals surface area contributed by atoms with Gasteiger partial charge in [-0.25, -0.2) is 0 Å². The van der Waals surface area contributed by atoms with E-state index in [4.69, 9.17) is 4.74 Å². The second kappa shape index (κ2) is 2.59. The molecule has 1 aliphatic rings. The van der Waals surface area contributed by atoms with Crippen LogP contribution in [-0.2, 0) is 4.74 Å². The van der Waals surface area contributed by atoms with Crippen molar-refractivity contribution in [1.29, 1.82) is 0 Å². The predicted molar refractivity (Wildman–Crippen MR) is 42.9 cm³/mol. The van der Waals surface area contributed by atoms with Gasteiger partial charge in [0.1, 0.15) is 0 Å². The Morgan fingerprint density at radius 2 is 2.20 bits per heavy atom. The molecule has 0 unspecified atom stereocenters. The highest BCUT2D eigenvalue weighted by Crippen LogP contribution is 2.26. The standard InChI is InChI=1S/C9H14O/c1-9(2,10-3)8-6-4-5-7-8/h4-6H,7H2,1-3H3. The van der Waals surface area contributed by atoms with Gasteiger partial charge in [0, 0.05) is 7.11 Å². The highest BCUT2D eigenvalue weighted by molar-refractivity contribution is 5.29. The summed E-state index contributed by atoms with van der Waals surface area (Å²) < 4.78 is 5.31. The lowest BCUT2D eigenvalue weighted by Crippen LogP contribution is -2.24. The van der Waals surface area contributed by atoms with Crippen molar-refractivity contribution in [3.8, 4) is 0 Å². The van der Waals surface area contributed by atoms with Gasteiger partial charge in [0.15, 0.2) is 0 Å².